The summed E-state index contributed by atoms with van der Waals surface area (Å²) in [6.45, 7) is 1.60. The average Bonchev–Trinajstić information content (AvgIpc) is 2.53. The van der Waals surface area contributed by atoms with E-state index in [2.05, 4.69) is 0 Å². The summed E-state index contributed by atoms with van der Waals surface area (Å²) >= 11 is 0. The average molecular weight is 180 g/mol. The summed E-state index contributed by atoms with van der Waals surface area (Å²) in [5.41, 5.74) is 5.65. The van der Waals surface area contributed by atoms with Crippen LogP contribution < -0.4 is 5.73 Å². The van der Waals surface area contributed by atoms with E-state index in [1.54, 1.807) is 0 Å². The van der Waals surface area contributed by atoms with Crippen molar-refractivity contribution in [1.82, 2.24) is 4.90 Å². The molecule has 1 heterocycles. The van der Waals surface area contributed by atoms with Gasteiger partial charge in [0.2, 0.25) is 5.91 Å². The minimum Gasteiger partial charge on any atom is -0.339 e. The Labute approximate surface area is 78.3 Å². The van der Waals surface area contributed by atoms with Gasteiger partial charge >= 0.3 is 0 Å². The highest BCUT2D eigenvalue weighted by Gasteiger charge is 2.58. The Morgan fingerprint density at radius 3 is 2.38 bits per heavy atom. The number of carbonyl (C=O) groups excluding carboxylic acids is 1. The Bertz CT molecular complexity index is 237. The molecule has 0 aromatic heterocycles. The molecule has 0 bridgehead atoms. The van der Waals surface area contributed by atoms with Crippen molar-refractivity contribution >= 4 is 5.91 Å². The maximum atomic E-state index is 11.8. The van der Waals surface area contributed by atoms with Crippen LogP contribution >= 0.6 is 0 Å². The van der Waals surface area contributed by atoms with Crippen LogP contribution in [-0.4, -0.2) is 29.9 Å². The molecule has 2 N–H and O–H groups in total. The maximum absolute atomic E-state index is 11.8. The van der Waals surface area contributed by atoms with Gasteiger partial charge in [0.05, 0.1) is 0 Å². The highest BCUT2D eigenvalue weighted by atomic mass is 16.2. The number of amides is 1. The molecule has 3 fully saturated rings. The predicted molar refractivity (Wildman–Crippen MR) is 48.9 cm³/mol. The minimum absolute atomic E-state index is 0.252. The molecule has 0 radical (unpaired) electrons. The summed E-state index contributed by atoms with van der Waals surface area (Å²) in [7, 11) is 0. The quantitative estimate of drug-likeness (QED) is 0.626. The fraction of sp³-hybridized carbons (Fsp3) is 0.900. The zero-order valence-electron chi connectivity index (χ0n) is 7.78. The van der Waals surface area contributed by atoms with Gasteiger partial charge in [0.1, 0.15) is 0 Å². The maximum Gasteiger partial charge on any atom is 0.226 e. The van der Waals surface area contributed by atoms with Gasteiger partial charge in [-0.15, -0.1) is 0 Å². The van der Waals surface area contributed by atoms with Crippen LogP contribution in [-0.2, 0) is 4.79 Å². The molecule has 0 spiro atoms. The summed E-state index contributed by atoms with van der Waals surface area (Å²) in [6, 6.07) is 0.252. The standard InChI is InChI=1S/C10H16N2O/c11-6-4-12(5-6)10(13)9-7-2-1-3-8(7)9/h6-9H,1-5,11H2. The van der Waals surface area contributed by atoms with Crippen molar-refractivity contribution in [3.8, 4) is 0 Å². The van der Waals surface area contributed by atoms with E-state index in [4.69, 9.17) is 5.73 Å². The van der Waals surface area contributed by atoms with E-state index in [0.29, 0.717) is 11.8 Å². The fourth-order valence-corrected chi connectivity index (χ4v) is 3.09. The van der Waals surface area contributed by atoms with Gasteiger partial charge in [-0.2, -0.15) is 0 Å². The molecule has 2 aliphatic carbocycles. The molecular weight excluding hydrogens is 164 g/mol. The third-order valence-corrected chi connectivity index (χ3v) is 3.91. The molecule has 13 heavy (non-hydrogen) atoms. The highest BCUT2D eigenvalue weighted by molar-refractivity contribution is 5.83. The summed E-state index contributed by atoms with van der Waals surface area (Å²) in [5, 5.41) is 0. The lowest BCUT2D eigenvalue weighted by Crippen LogP contribution is -2.58. The number of nitrogens with two attached hydrogens (primary N) is 1. The van der Waals surface area contributed by atoms with E-state index in [0.717, 1.165) is 24.9 Å². The van der Waals surface area contributed by atoms with Gasteiger partial charge in [-0.1, -0.05) is 6.42 Å². The van der Waals surface area contributed by atoms with Crippen molar-refractivity contribution in [3.05, 3.63) is 0 Å². The molecule has 3 heteroatoms. The number of fused-ring (bicyclic) bond motifs is 1. The monoisotopic (exact) mass is 180 g/mol. The molecule has 3 nitrogen and oxygen atoms in total. The van der Waals surface area contributed by atoms with Crippen LogP contribution in [0, 0.1) is 17.8 Å². The number of nitrogens with zero attached hydrogens (tertiary/aromatic N) is 1. The molecule has 0 aromatic rings. The highest BCUT2D eigenvalue weighted by Crippen LogP contribution is 2.58. The lowest BCUT2D eigenvalue weighted by Gasteiger charge is -2.37. The van der Waals surface area contributed by atoms with Crippen molar-refractivity contribution in [2.45, 2.75) is 25.3 Å². The second-order valence-electron chi connectivity index (χ2n) is 4.79. The lowest BCUT2D eigenvalue weighted by molar-refractivity contribution is -0.137. The Morgan fingerprint density at radius 2 is 1.85 bits per heavy atom. The van der Waals surface area contributed by atoms with Gasteiger partial charge in [-0.25, -0.2) is 0 Å². The van der Waals surface area contributed by atoms with Gasteiger partial charge in [0, 0.05) is 25.0 Å². The third-order valence-electron chi connectivity index (χ3n) is 3.91. The van der Waals surface area contributed by atoms with Crippen LogP contribution in [0.25, 0.3) is 0 Å². The largest absolute Gasteiger partial charge is 0.339 e. The van der Waals surface area contributed by atoms with Gasteiger partial charge in [-0.05, 0) is 24.7 Å². The van der Waals surface area contributed by atoms with E-state index >= 15 is 0 Å². The Kier molecular flexibility index (Phi) is 1.48. The molecule has 1 amide bonds. The van der Waals surface area contributed by atoms with Crippen LogP contribution in [0.5, 0.6) is 0 Å². The van der Waals surface area contributed by atoms with Crippen LogP contribution in [0.3, 0.4) is 0 Å². The van der Waals surface area contributed by atoms with E-state index in [1.807, 2.05) is 4.90 Å². The Morgan fingerprint density at radius 1 is 1.23 bits per heavy atom. The smallest absolute Gasteiger partial charge is 0.226 e. The van der Waals surface area contributed by atoms with Crippen LogP contribution in [0.4, 0.5) is 0 Å². The summed E-state index contributed by atoms with van der Waals surface area (Å²) in [5.74, 6) is 2.31. The van der Waals surface area contributed by atoms with E-state index in [9.17, 15) is 4.79 Å². The molecule has 2 atom stereocenters. The number of carbonyl (C=O) groups is 1. The van der Waals surface area contributed by atoms with E-state index < -0.39 is 0 Å². The SMILES string of the molecule is NC1CN(C(=O)C2C3CCCC32)C1. The Hall–Kier alpha value is -0.570. The van der Waals surface area contributed by atoms with Crippen molar-refractivity contribution in [3.63, 3.8) is 0 Å². The van der Waals surface area contributed by atoms with Gasteiger partial charge in [-0.3, -0.25) is 4.79 Å². The van der Waals surface area contributed by atoms with Crippen LogP contribution in [0.1, 0.15) is 19.3 Å². The molecule has 72 valence electrons. The molecule has 1 saturated heterocycles. The van der Waals surface area contributed by atoms with Crippen molar-refractivity contribution in [2.75, 3.05) is 13.1 Å². The van der Waals surface area contributed by atoms with Crippen molar-refractivity contribution < 1.29 is 4.79 Å². The second-order valence-corrected chi connectivity index (χ2v) is 4.79. The topological polar surface area (TPSA) is 46.3 Å². The molecular formula is C10H16N2O. The first kappa shape index (κ1) is 7.80. The molecule has 1 aliphatic heterocycles. The molecule has 0 aromatic carbocycles. The zero-order valence-corrected chi connectivity index (χ0v) is 7.78. The predicted octanol–water partition coefficient (Wildman–Crippen LogP) is 0.202. The van der Waals surface area contributed by atoms with Crippen LogP contribution in [0.15, 0.2) is 0 Å². The normalized spacial score (nSPS) is 42.8. The van der Waals surface area contributed by atoms with E-state index in [-0.39, 0.29) is 6.04 Å². The number of rotatable bonds is 1. The first-order valence-corrected chi connectivity index (χ1v) is 5.32. The Balaban J connectivity index is 1.59. The van der Waals surface area contributed by atoms with Crippen molar-refractivity contribution in [1.29, 1.82) is 0 Å². The fourth-order valence-electron chi connectivity index (χ4n) is 3.09. The summed E-state index contributed by atoms with van der Waals surface area (Å²) in [6.07, 6.45) is 3.93. The molecule has 2 saturated carbocycles. The van der Waals surface area contributed by atoms with E-state index in [1.165, 1.54) is 19.3 Å². The second kappa shape index (κ2) is 2.47. The number of hydrogen-bond donors (Lipinski definition) is 1. The summed E-state index contributed by atoms with van der Waals surface area (Å²) < 4.78 is 0. The van der Waals surface area contributed by atoms with Crippen molar-refractivity contribution in [2.24, 2.45) is 23.5 Å². The third kappa shape index (κ3) is 1.03. The molecule has 3 aliphatic rings. The molecule has 2 unspecified atom stereocenters. The van der Waals surface area contributed by atoms with Gasteiger partial charge in [0.15, 0.2) is 0 Å². The minimum atomic E-state index is 0.252. The number of likely N-dealkylation sites (tertiary alicyclic amines) is 1. The van der Waals surface area contributed by atoms with Crippen LogP contribution in [0.2, 0.25) is 0 Å². The first-order valence-electron chi connectivity index (χ1n) is 5.32. The zero-order chi connectivity index (χ0) is 9.00. The molecule has 3 rings (SSSR count). The number of hydrogen-bond acceptors (Lipinski definition) is 2. The first-order chi connectivity index (χ1) is 6.27. The van der Waals surface area contributed by atoms with Gasteiger partial charge < -0.3 is 10.6 Å². The van der Waals surface area contributed by atoms with Gasteiger partial charge in [0.25, 0.3) is 0 Å². The lowest BCUT2D eigenvalue weighted by atomic mass is 10.1. The summed E-state index contributed by atoms with van der Waals surface area (Å²) in [4.78, 5) is 13.8.